The molecule has 1 unspecified atom stereocenters. The molecule has 0 saturated carbocycles. The molecular weight excluding hydrogens is 274 g/mol. The Balaban J connectivity index is 0.00000112. The number of halogens is 1. The highest BCUT2D eigenvalue weighted by Crippen LogP contribution is 2.15. The molecule has 4 heteroatoms. The van der Waals surface area contributed by atoms with Crippen molar-refractivity contribution in [2.24, 2.45) is 0 Å². The average molecular weight is 286 g/mol. The molecule has 2 heterocycles. The quantitative estimate of drug-likeness (QED) is 0.702. The molecule has 0 spiro atoms. The molecule has 0 bridgehead atoms. The predicted molar refractivity (Wildman–Crippen MR) is 55.9 cm³/mol. The largest absolute Gasteiger partial charge is 1.00 e. The van der Waals surface area contributed by atoms with Gasteiger partial charge in [0.15, 0.2) is 18.9 Å². The van der Waals surface area contributed by atoms with Crippen LogP contribution in [0, 0.1) is 0 Å². The van der Waals surface area contributed by atoms with Gasteiger partial charge in [-0.25, -0.2) is 4.57 Å². The molecular formula is C11H12BrNOS. The van der Waals surface area contributed by atoms with Crippen LogP contribution >= 0.6 is 11.3 Å². The Bertz CT molecular complexity index is 377. The molecule has 2 rings (SSSR count). The van der Waals surface area contributed by atoms with Gasteiger partial charge in [-0.3, -0.25) is 0 Å². The number of aliphatic hydroxyl groups excluding tert-OH is 1. The van der Waals surface area contributed by atoms with E-state index in [9.17, 15) is 5.11 Å². The van der Waals surface area contributed by atoms with Gasteiger partial charge in [0.1, 0.15) is 6.10 Å². The minimum atomic E-state index is -0.409. The van der Waals surface area contributed by atoms with Gasteiger partial charge >= 0.3 is 0 Å². The maximum Gasteiger partial charge on any atom is 0.178 e. The van der Waals surface area contributed by atoms with Crippen LogP contribution in [0.3, 0.4) is 0 Å². The number of thiophene rings is 1. The average Bonchev–Trinajstić information content (AvgIpc) is 2.72. The molecule has 0 saturated heterocycles. The van der Waals surface area contributed by atoms with Gasteiger partial charge in [0.25, 0.3) is 0 Å². The lowest BCUT2D eigenvalue weighted by atomic mass is 10.2. The Hall–Kier alpha value is -0.710. The van der Waals surface area contributed by atoms with Crippen molar-refractivity contribution in [2.45, 2.75) is 12.6 Å². The summed E-state index contributed by atoms with van der Waals surface area (Å²) < 4.78 is 1.97. The van der Waals surface area contributed by atoms with Crippen LogP contribution < -0.4 is 21.5 Å². The van der Waals surface area contributed by atoms with Gasteiger partial charge in [0, 0.05) is 12.1 Å². The van der Waals surface area contributed by atoms with Crippen molar-refractivity contribution in [3.05, 3.63) is 53.0 Å². The van der Waals surface area contributed by atoms with Crippen LogP contribution in [0.25, 0.3) is 0 Å². The van der Waals surface area contributed by atoms with E-state index in [1.54, 1.807) is 11.3 Å². The van der Waals surface area contributed by atoms with Crippen molar-refractivity contribution in [1.29, 1.82) is 0 Å². The molecule has 2 aromatic heterocycles. The minimum Gasteiger partial charge on any atom is -1.00 e. The van der Waals surface area contributed by atoms with Crippen LogP contribution in [0.1, 0.15) is 11.7 Å². The van der Waals surface area contributed by atoms with E-state index in [4.69, 9.17) is 0 Å². The van der Waals surface area contributed by atoms with Crippen LogP contribution in [0.2, 0.25) is 0 Å². The summed E-state index contributed by atoms with van der Waals surface area (Å²) in [5.41, 5.74) is 0.992. The first-order valence-corrected chi connectivity index (χ1v) is 5.45. The number of aliphatic hydroxyl groups is 1. The fourth-order valence-electron chi connectivity index (χ4n) is 1.33. The summed E-state index contributed by atoms with van der Waals surface area (Å²) >= 11 is 1.61. The topological polar surface area (TPSA) is 24.1 Å². The highest BCUT2D eigenvalue weighted by atomic mass is 79.9. The normalized spacial score (nSPS) is 11.8. The molecule has 1 atom stereocenters. The third-order valence-electron chi connectivity index (χ3n) is 2.09. The monoisotopic (exact) mass is 285 g/mol. The molecule has 15 heavy (non-hydrogen) atoms. The van der Waals surface area contributed by atoms with Crippen molar-refractivity contribution < 1.29 is 26.7 Å². The zero-order valence-corrected chi connectivity index (χ0v) is 10.5. The third-order valence-corrected chi connectivity index (χ3v) is 2.79. The van der Waals surface area contributed by atoms with Crippen LogP contribution in [0.5, 0.6) is 0 Å². The van der Waals surface area contributed by atoms with E-state index in [0.29, 0.717) is 6.54 Å². The van der Waals surface area contributed by atoms with Gasteiger partial charge in [-0.1, -0.05) is 6.07 Å². The summed E-state index contributed by atoms with van der Waals surface area (Å²) in [6.45, 7) is 0.609. The number of nitrogens with zero attached hydrogens (tertiary/aromatic N) is 1. The van der Waals surface area contributed by atoms with E-state index in [-0.39, 0.29) is 17.0 Å². The molecule has 2 nitrogen and oxygen atoms in total. The Morgan fingerprint density at radius 2 is 2.00 bits per heavy atom. The fourth-order valence-corrected chi connectivity index (χ4v) is 2.03. The Kier molecular flexibility index (Phi) is 4.94. The zero-order valence-electron chi connectivity index (χ0n) is 8.08. The molecule has 0 amide bonds. The van der Waals surface area contributed by atoms with E-state index >= 15 is 0 Å². The maximum atomic E-state index is 9.85. The maximum absolute atomic E-state index is 9.85. The summed E-state index contributed by atoms with van der Waals surface area (Å²) in [4.78, 5) is 0. The van der Waals surface area contributed by atoms with E-state index < -0.39 is 6.10 Å². The standard InChI is InChI=1S/C11H12NOS.BrH/c13-11(10-4-7-14-9-10)8-12-5-2-1-3-6-12;/h1-7,9,11,13H,8H2;1H/q+1;/p-1. The number of aromatic nitrogens is 1. The number of rotatable bonds is 3. The van der Waals surface area contributed by atoms with Gasteiger partial charge in [-0.2, -0.15) is 11.3 Å². The lowest BCUT2D eigenvalue weighted by molar-refractivity contribution is -0.704. The summed E-state index contributed by atoms with van der Waals surface area (Å²) in [6.07, 6.45) is 3.50. The first-order valence-electron chi connectivity index (χ1n) is 4.50. The second kappa shape index (κ2) is 6.00. The number of hydrogen-bond donors (Lipinski definition) is 1. The van der Waals surface area contributed by atoms with Gasteiger partial charge in [0.05, 0.1) is 0 Å². The molecule has 0 radical (unpaired) electrons. The molecule has 0 aliphatic heterocycles. The lowest BCUT2D eigenvalue weighted by Crippen LogP contribution is -3.00. The first-order chi connectivity index (χ1) is 6.86. The Morgan fingerprint density at radius 1 is 1.27 bits per heavy atom. The fraction of sp³-hybridized carbons (Fsp3) is 0.182. The lowest BCUT2D eigenvalue weighted by Gasteiger charge is -2.03. The van der Waals surface area contributed by atoms with Crippen LogP contribution in [-0.4, -0.2) is 5.11 Å². The molecule has 0 fully saturated rings. The molecule has 1 N–H and O–H groups in total. The van der Waals surface area contributed by atoms with E-state index in [1.165, 1.54) is 0 Å². The highest BCUT2D eigenvalue weighted by Gasteiger charge is 2.12. The van der Waals surface area contributed by atoms with Crippen LogP contribution in [0.4, 0.5) is 0 Å². The molecule has 0 aliphatic carbocycles. The van der Waals surface area contributed by atoms with E-state index in [2.05, 4.69) is 0 Å². The van der Waals surface area contributed by atoms with Crippen LogP contribution in [0.15, 0.2) is 47.4 Å². The van der Waals surface area contributed by atoms with Crippen molar-refractivity contribution in [1.82, 2.24) is 0 Å². The smallest absolute Gasteiger partial charge is 0.178 e. The van der Waals surface area contributed by atoms with E-state index in [1.807, 2.05) is 52.0 Å². The van der Waals surface area contributed by atoms with Gasteiger partial charge < -0.3 is 22.1 Å². The Morgan fingerprint density at radius 3 is 2.60 bits per heavy atom. The minimum absolute atomic E-state index is 0. The van der Waals surface area contributed by atoms with E-state index in [0.717, 1.165) is 5.56 Å². The summed E-state index contributed by atoms with van der Waals surface area (Å²) in [5, 5.41) is 13.8. The first kappa shape index (κ1) is 12.4. The molecule has 80 valence electrons. The zero-order chi connectivity index (χ0) is 9.80. The van der Waals surface area contributed by atoms with Crippen molar-refractivity contribution in [3.8, 4) is 0 Å². The van der Waals surface area contributed by atoms with Gasteiger partial charge in [-0.15, -0.1) is 0 Å². The van der Waals surface area contributed by atoms with Crippen molar-refractivity contribution >= 4 is 11.3 Å². The second-order valence-corrected chi connectivity index (χ2v) is 3.92. The summed E-state index contributed by atoms with van der Waals surface area (Å²) in [7, 11) is 0. The molecule has 2 aromatic rings. The third kappa shape index (κ3) is 3.41. The molecule has 0 aromatic carbocycles. The Labute approximate surface area is 104 Å². The summed E-state index contributed by atoms with van der Waals surface area (Å²) in [6, 6.07) is 7.84. The summed E-state index contributed by atoms with van der Waals surface area (Å²) in [5.74, 6) is 0. The second-order valence-electron chi connectivity index (χ2n) is 3.14. The van der Waals surface area contributed by atoms with Crippen LogP contribution in [-0.2, 0) is 6.54 Å². The highest BCUT2D eigenvalue weighted by molar-refractivity contribution is 7.07. The van der Waals surface area contributed by atoms with Crippen molar-refractivity contribution in [3.63, 3.8) is 0 Å². The predicted octanol–water partition coefficient (Wildman–Crippen LogP) is -1.23. The van der Waals surface area contributed by atoms with Crippen molar-refractivity contribution in [2.75, 3.05) is 0 Å². The van der Waals surface area contributed by atoms with Gasteiger partial charge in [-0.05, 0) is 22.4 Å². The van der Waals surface area contributed by atoms with Gasteiger partial charge in [0.2, 0.25) is 0 Å². The molecule has 0 aliphatic rings. The number of pyridine rings is 1. The number of hydrogen-bond acceptors (Lipinski definition) is 2. The SMILES string of the molecule is OC(C[n+]1ccccc1)c1ccsc1.[Br-].